The van der Waals surface area contributed by atoms with E-state index in [1.165, 1.54) is 0 Å². The second kappa shape index (κ2) is 5.98. The van der Waals surface area contributed by atoms with E-state index >= 15 is 0 Å². The molecular formula is C12H14FIN2. The van der Waals surface area contributed by atoms with Crippen LogP contribution in [0.3, 0.4) is 0 Å². The third-order valence-corrected chi connectivity index (χ3v) is 2.46. The third-order valence-electron chi connectivity index (χ3n) is 2.46. The van der Waals surface area contributed by atoms with Crippen LogP contribution >= 0.6 is 0 Å². The van der Waals surface area contributed by atoms with Gasteiger partial charge in [-0.05, 0) is 12.1 Å². The molecule has 0 amide bonds. The highest BCUT2D eigenvalue weighted by Crippen LogP contribution is 2.18. The van der Waals surface area contributed by atoms with Gasteiger partial charge in [0.25, 0.3) is 0 Å². The highest BCUT2D eigenvalue weighted by molar-refractivity contribution is 5.91. The fourth-order valence-corrected chi connectivity index (χ4v) is 1.68. The molecule has 0 atom stereocenters. The number of nitrogens with zero attached hydrogens (tertiary/aromatic N) is 1. The summed E-state index contributed by atoms with van der Waals surface area (Å²) in [6.45, 7) is 0.434. The van der Waals surface area contributed by atoms with E-state index in [2.05, 4.69) is 0 Å². The maximum atomic E-state index is 12.0. The predicted octanol–water partition coefficient (Wildman–Crippen LogP) is -0.927. The van der Waals surface area contributed by atoms with Crippen LogP contribution in [0.2, 0.25) is 0 Å². The summed E-state index contributed by atoms with van der Waals surface area (Å²) >= 11 is 0. The molecule has 16 heavy (non-hydrogen) atoms. The molecule has 1 aromatic heterocycles. The van der Waals surface area contributed by atoms with Crippen LogP contribution in [0.25, 0.3) is 10.8 Å². The van der Waals surface area contributed by atoms with Gasteiger partial charge in [-0.25, -0.2) is 4.57 Å². The second-order valence-corrected chi connectivity index (χ2v) is 3.58. The summed E-state index contributed by atoms with van der Waals surface area (Å²) < 4.78 is 14.0. The van der Waals surface area contributed by atoms with Crippen molar-refractivity contribution in [3.05, 3.63) is 36.7 Å². The molecule has 1 aromatic carbocycles. The van der Waals surface area contributed by atoms with Gasteiger partial charge < -0.3 is 29.7 Å². The number of nitrogen functional groups attached to an aromatic ring is 1. The van der Waals surface area contributed by atoms with E-state index in [1.54, 1.807) is 0 Å². The van der Waals surface area contributed by atoms with E-state index in [-0.39, 0.29) is 30.7 Å². The highest BCUT2D eigenvalue weighted by atomic mass is 127. The number of rotatable bonds is 3. The van der Waals surface area contributed by atoms with Crippen molar-refractivity contribution in [2.24, 2.45) is 0 Å². The molecule has 1 heterocycles. The molecule has 0 aliphatic rings. The van der Waals surface area contributed by atoms with Crippen molar-refractivity contribution in [3.63, 3.8) is 0 Å². The van der Waals surface area contributed by atoms with Crippen LogP contribution in [-0.4, -0.2) is 6.67 Å². The van der Waals surface area contributed by atoms with Crippen molar-refractivity contribution < 1.29 is 32.9 Å². The number of hydrogen-bond donors (Lipinski definition) is 1. The Morgan fingerprint density at radius 1 is 1.25 bits per heavy atom. The number of halogens is 2. The first kappa shape index (κ1) is 13.2. The van der Waals surface area contributed by atoms with Crippen molar-refractivity contribution in [3.8, 4) is 0 Å². The Hall–Kier alpha value is -0.910. The molecule has 0 saturated heterocycles. The SMILES string of the molecule is Nc1cccc2c[n+](CCCF)ccc12.[I-]. The number of benzene rings is 1. The van der Waals surface area contributed by atoms with Gasteiger partial charge in [0.15, 0.2) is 18.9 Å². The quantitative estimate of drug-likeness (QED) is 0.440. The molecule has 0 spiro atoms. The summed E-state index contributed by atoms with van der Waals surface area (Å²) in [5.74, 6) is 0. The molecule has 2 N–H and O–H groups in total. The molecule has 0 fully saturated rings. The number of fused-ring (bicyclic) bond motifs is 1. The topological polar surface area (TPSA) is 29.9 Å². The standard InChI is InChI=1S/C12H14FN2.HI/c13-6-2-7-15-8-5-11-10(9-15)3-1-4-12(11)14;/h1,3-5,8-9H,2,6-7,14H2;1H/q+1;/p-1. The molecule has 2 nitrogen and oxygen atoms in total. The third kappa shape index (κ3) is 2.81. The minimum absolute atomic E-state index is 0. The fraction of sp³-hybridized carbons (Fsp3) is 0.250. The minimum atomic E-state index is -0.276. The molecule has 0 aliphatic carbocycles. The first-order valence-corrected chi connectivity index (χ1v) is 5.04. The van der Waals surface area contributed by atoms with Crippen molar-refractivity contribution in [2.45, 2.75) is 13.0 Å². The summed E-state index contributed by atoms with van der Waals surface area (Å²) in [6.07, 6.45) is 4.49. The monoisotopic (exact) mass is 332 g/mol. The molecule has 0 aliphatic heterocycles. The molecule has 86 valence electrons. The van der Waals surface area contributed by atoms with Gasteiger partial charge in [0.1, 0.15) is 0 Å². The lowest BCUT2D eigenvalue weighted by Crippen LogP contribution is -3.00. The van der Waals surface area contributed by atoms with E-state index in [4.69, 9.17) is 5.73 Å². The van der Waals surface area contributed by atoms with Crippen LogP contribution in [0.15, 0.2) is 36.7 Å². The number of aromatic nitrogens is 1. The molecule has 2 aromatic rings. The van der Waals surface area contributed by atoms with Gasteiger partial charge >= 0.3 is 0 Å². The maximum absolute atomic E-state index is 12.0. The zero-order chi connectivity index (χ0) is 10.7. The van der Waals surface area contributed by atoms with Crippen molar-refractivity contribution in [1.82, 2.24) is 0 Å². The number of alkyl halides is 1. The fourth-order valence-electron chi connectivity index (χ4n) is 1.68. The molecule has 4 heteroatoms. The molecular weight excluding hydrogens is 318 g/mol. The first-order chi connectivity index (χ1) is 7.31. The van der Waals surface area contributed by atoms with Crippen LogP contribution in [0.1, 0.15) is 6.42 Å². The number of hydrogen-bond acceptors (Lipinski definition) is 1. The van der Waals surface area contributed by atoms with Gasteiger partial charge in [0, 0.05) is 28.9 Å². The number of pyridine rings is 1. The molecule has 0 radical (unpaired) electrons. The van der Waals surface area contributed by atoms with Gasteiger partial charge in [-0.3, -0.25) is 4.39 Å². The summed E-state index contributed by atoms with van der Waals surface area (Å²) in [4.78, 5) is 0. The molecule has 2 rings (SSSR count). The summed E-state index contributed by atoms with van der Waals surface area (Å²) in [7, 11) is 0. The Morgan fingerprint density at radius 3 is 2.81 bits per heavy atom. The zero-order valence-electron chi connectivity index (χ0n) is 8.87. The Kier molecular flexibility index (Phi) is 4.92. The number of nitrogens with two attached hydrogens (primary N) is 1. The van der Waals surface area contributed by atoms with Crippen molar-refractivity contribution >= 4 is 16.5 Å². The van der Waals surface area contributed by atoms with E-state index in [1.807, 2.05) is 41.2 Å². The van der Waals surface area contributed by atoms with Crippen LogP contribution in [-0.2, 0) is 6.54 Å². The normalized spacial score (nSPS) is 10.1. The number of anilines is 1. The largest absolute Gasteiger partial charge is 1.00 e. The number of aryl methyl sites for hydroxylation is 1. The lowest BCUT2D eigenvalue weighted by atomic mass is 10.1. The minimum Gasteiger partial charge on any atom is -1.00 e. The maximum Gasteiger partial charge on any atom is 0.176 e. The summed E-state index contributed by atoms with van der Waals surface area (Å²) in [5, 5.41) is 2.14. The summed E-state index contributed by atoms with van der Waals surface area (Å²) in [6, 6.07) is 7.80. The Morgan fingerprint density at radius 2 is 2.06 bits per heavy atom. The van der Waals surface area contributed by atoms with Gasteiger partial charge in [-0.15, -0.1) is 0 Å². The van der Waals surface area contributed by atoms with Crippen LogP contribution in [0.4, 0.5) is 10.1 Å². The Balaban J connectivity index is 0.00000128. The summed E-state index contributed by atoms with van der Waals surface area (Å²) in [5.41, 5.74) is 6.62. The van der Waals surface area contributed by atoms with Crippen molar-refractivity contribution in [2.75, 3.05) is 12.4 Å². The average Bonchev–Trinajstić information content (AvgIpc) is 2.26. The van der Waals surface area contributed by atoms with Crippen LogP contribution in [0, 0.1) is 0 Å². The van der Waals surface area contributed by atoms with Crippen LogP contribution < -0.4 is 34.3 Å². The first-order valence-electron chi connectivity index (χ1n) is 5.04. The Bertz CT molecular complexity index is 474. The van der Waals surface area contributed by atoms with Gasteiger partial charge in [-0.2, -0.15) is 0 Å². The van der Waals surface area contributed by atoms with E-state index in [0.29, 0.717) is 13.0 Å². The Labute approximate surface area is 111 Å². The van der Waals surface area contributed by atoms with E-state index < -0.39 is 0 Å². The van der Waals surface area contributed by atoms with Gasteiger partial charge in [0.05, 0.1) is 6.67 Å². The smallest absolute Gasteiger partial charge is 0.176 e. The van der Waals surface area contributed by atoms with Gasteiger partial charge in [0.2, 0.25) is 0 Å². The molecule has 0 bridgehead atoms. The van der Waals surface area contributed by atoms with Crippen LogP contribution in [0.5, 0.6) is 0 Å². The predicted molar refractivity (Wildman–Crippen MR) is 59.1 cm³/mol. The highest BCUT2D eigenvalue weighted by Gasteiger charge is 2.04. The lowest BCUT2D eigenvalue weighted by Gasteiger charge is -2.00. The van der Waals surface area contributed by atoms with E-state index in [9.17, 15) is 4.39 Å². The zero-order valence-corrected chi connectivity index (χ0v) is 11.0. The second-order valence-electron chi connectivity index (χ2n) is 3.58. The molecule has 0 saturated carbocycles. The lowest BCUT2D eigenvalue weighted by molar-refractivity contribution is -0.696. The molecule has 0 unspecified atom stereocenters. The van der Waals surface area contributed by atoms with E-state index in [0.717, 1.165) is 16.5 Å². The van der Waals surface area contributed by atoms with Crippen molar-refractivity contribution in [1.29, 1.82) is 0 Å². The van der Waals surface area contributed by atoms with Gasteiger partial charge in [-0.1, -0.05) is 6.07 Å². The average molecular weight is 332 g/mol.